The molecule has 0 aliphatic heterocycles. The minimum absolute atomic E-state index is 0.00565. The van der Waals surface area contributed by atoms with Crippen LogP contribution in [0.25, 0.3) is 12.2 Å². The maximum atomic E-state index is 12.1. The van der Waals surface area contributed by atoms with Crippen LogP contribution in [-0.2, 0) is 16.6 Å². The van der Waals surface area contributed by atoms with Gasteiger partial charge in [-0.05, 0) is 25.5 Å². The van der Waals surface area contributed by atoms with E-state index in [2.05, 4.69) is 35.7 Å². The number of carboxylic acid groups (broad SMARTS) is 1. The molecule has 0 spiro atoms. The van der Waals surface area contributed by atoms with Gasteiger partial charge >= 0.3 is 5.97 Å². The number of rotatable bonds is 5. The number of thiazole rings is 1. The van der Waals surface area contributed by atoms with E-state index in [0.717, 1.165) is 9.88 Å². The summed E-state index contributed by atoms with van der Waals surface area (Å²) in [7, 11) is 0. The van der Waals surface area contributed by atoms with Gasteiger partial charge in [0.05, 0.1) is 5.01 Å². The van der Waals surface area contributed by atoms with E-state index in [-0.39, 0.29) is 23.8 Å². The first-order chi connectivity index (χ1) is 11.2. The van der Waals surface area contributed by atoms with E-state index in [9.17, 15) is 9.59 Å². The van der Waals surface area contributed by atoms with Crippen molar-refractivity contribution in [3.05, 3.63) is 43.5 Å². The first kappa shape index (κ1) is 18.1. The van der Waals surface area contributed by atoms with Crippen LogP contribution in [0.4, 0.5) is 0 Å². The van der Waals surface area contributed by atoms with E-state index in [1.807, 2.05) is 6.08 Å². The number of aromatic nitrogens is 3. The standard InChI is InChI=1S/C17H21N3O3S/c1-10-12(6-8-14(21)22)15(23)20-13(19-10)7-5-11-9-18-16(24-11)17(2,3)4/h5,7,9H,6,8H2,1-4H3,(H,21,22)(H,19,20,23). The van der Waals surface area contributed by atoms with Crippen LogP contribution in [0.1, 0.15) is 54.2 Å². The lowest BCUT2D eigenvalue weighted by Crippen LogP contribution is -2.18. The Morgan fingerprint density at radius 2 is 2.08 bits per heavy atom. The predicted molar refractivity (Wildman–Crippen MR) is 95.3 cm³/mol. The molecule has 0 aromatic carbocycles. The Morgan fingerprint density at radius 1 is 1.38 bits per heavy atom. The first-order valence-corrected chi connectivity index (χ1v) is 8.44. The van der Waals surface area contributed by atoms with Gasteiger partial charge in [-0.2, -0.15) is 0 Å². The largest absolute Gasteiger partial charge is 0.481 e. The molecular weight excluding hydrogens is 326 g/mol. The van der Waals surface area contributed by atoms with Crippen molar-refractivity contribution < 1.29 is 9.90 Å². The van der Waals surface area contributed by atoms with Crippen molar-refractivity contribution in [2.75, 3.05) is 0 Å². The van der Waals surface area contributed by atoms with Crippen molar-refractivity contribution in [1.82, 2.24) is 15.0 Å². The van der Waals surface area contributed by atoms with Gasteiger partial charge in [0.2, 0.25) is 0 Å². The number of hydrogen-bond acceptors (Lipinski definition) is 5. The number of nitrogens with one attached hydrogen (secondary N) is 1. The molecule has 7 heteroatoms. The van der Waals surface area contributed by atoms with Crippen LogP contribution in [0.15, 0.2) is 11.0 Å². The third-order valence-corrected chi connectivity index (χ3v) is 4.79. The Hall–Kier alpha value is -2.28. The minimum atomic E-state index is -0.933. The Balaban J connectivity index is 2.20. The molecule has 0 radical (unpaired) electrons. The molecule has 2 N–H and O–H groups in total. The van der Waals surface area contributed by atoms with Gasteiger partial charge in [-0.15, -0.1) is 11.3 Å². The third kappa shape index (κ3) is 4.61. The van der Waals surface area contributed by atoms with Crippen LogP contribution in [-0.4, -0.2) is 26.0 Å². The molecule has 24 heavy (non-hydrogen) atoms. The van der Waals surface area contributed by atoms with Crippen LogP contribution in [0.3, 0.4) is 0 Å². The van der Waals surface area contributed by atoms with Gasteiger partial charge in [-0.3, -0.25) is 9.59 Å². The quantitative estimate of drug-likeness (QED) is 0.867. The van der Waals surface area contributed by atoms with E-state index in [4.69, 9.17) is 5.11 Å². The predicted octanol–water partition coefficient (Wildman–Crippen LogP) is 3.02. The van der Waals surface area contributed by atoms with E-state index in [0.29, 0.717) is 17.1 Å². The molecule has 2 aromatic heterocycles. The Kier molecular flexibility index (Phi) is 5.33. The number of aliphatic carboxylic acids is 1. The lowest BCUT2D eigenvalue weighted by molar-refractivity contribution is -0.136. The average molecular weight is 347 g/mol. The summed E-state index contributed by atoms with van der Waals surface area (Å²) in [5, 5.41) is 9.78. The normalized spacial score (nSPS) is 12.0. The minimum Gasteiger partial charge on any atom is -0.481 e. The van der Waals surface area contributed by atoms with Crippen molar-refractivity contribution in [3.63, 3.8) is 0 Å². The Morgan fingerprint density at radius 3 is 2.62 bits per heavy atom. The summed E-state index contributed by atoms with van der Waals surface area (Å²) in [5.41, 5.74) is 0.691. The summed E-state index contributed by atoms with van der Waals surface area (Å²) in [6.45, 7) is 8.04. The van der Waals surface area contributed by atoms with Crippen molar-refractivity contribution in [3.8, 4) is 0 Å². The van der Waals surface area contributed by atoms with Crippen LogP contribution < -0.4 is 5.56 Å². The van der Waals surface area contributed by atoms with E-state index in [1.54, 1.807) is 30.5 Å². The van der Waals surface area contributed by atoms with Crippen LogP contribution >= 0.6 is 11.3 Å². The molecule has 0 fully saturated rings. The highest BCUT2D eigenvalue weighted by atomic mass is 32.1. The molecule has 2 rings (SSSR count). The van der Waals surface area contributed by atoms with Gasteiger partial charge in [0.15, 0.2) is 0 Å². The molecule has 0 unspecified atom stereocenters. The molecule has 128 valence electrons. The summed E-state index contributed by atoms with van der Waals surface area (Å²) < 4.78 is 0. The SMILES string of the molecule is Cc1nc(C=Cc2cnc(C(C)(C)C)s2)[nH]c(=O)c1CCC(=O)O. The molecule has 0 saturated heterocycles. The summed E-state index contributed by atoms with van der Waals surface area (Å²) in [6.07, 6.45) is 5.49. The maximum Gasteiger partial charge on any atom is 0.303 e. The van der Waals surface area contributed by atoms with E-state index in [1.165, 1.54) is 0 Å². The number of carboxylic acids is 1. The fourth-order valence-corrected chi connectivity index (χ4v) is 2.99. The fourth-order valence-electron chi connectivity index (χ4n) is 2.11. The second-order valence-electron chi connectivity index (χ2n) is 6.56. The van der Waals surface area contributed by atoms with Gasteiger partial charge in [0.1, 0.15) is 5.82 Å². The Bertz CT molecular complexity index is 828. The molecule has 2 aromatic rings. The van der Waals surface area contributed by atoms with Crippen molar-refractivity contribution in [2.45, 2.75) is 46.0 Å². The molecule has 0 bridgehead atoms. The summed E-state index contributed by atoms with van der Waals surface area (Å²) in [4.78, 5) is 35.1. The number of carbonyl (C=O) groups is 1. The third-order valence-electron chi connectivity index (χ3n) is 3.40. The smallest absolute Gasteiger partial charge is 0.303 e. The van der Waals surface area contributed by atoms with Gasteiger partial charge in [-0.25, -0.2) is 9.97 Å². The zero-order chi connectivity index (χ0) is 17.9. The molecule has 0 atom stereocenters. The molecule has 0 amide bonds. The topological polar surface area (TPSA) is 95.9 Å². The van der Waals surface area contributed by atoms with Gasteiger partial charge < -0.3 is 10.1 Å². The fraction of sp³-hybridized carbons (Fsp3) is 0.412. The lowest BCUT2D eigenvalue weighted by atomic mass is 9.98. The maximum absolute atomic E-state index is 12.1. The second-order valence-corrected chi connectivity index (χ2v) is 7.62. The van der Waals surface area contributed by atoms with E-state index >= 15 is 0 Å². The van der Waals surface area contributed by atoms with Crippen LogP contribution in [0.5, 0.6) is 0 Å². The van der Waals surface area contributed by atoms with Crippen molar-refractivity contribution in [1.29, 1.82) is 0 Å². The summed E-state index contributed by atoms with van der Waals surface area (Å²) in [5.74, 6) is -0.486. The van der Waals surface area contributed by atoms with Gasteiger partial charge in [0, 0.05) is 34.2 Å². The van der Waals surface area contributed by atoms with Crippen LogP contribution in [0, 0.1) is 6.92 Å². The average Bonchev–Trinajstić information content (AvgIpc) is 2.93. The Labute approximate surface area is 144 Å². The summed E-state index contributed by atoms with van der Waals surface area (Å²) >= 11 is 1.60. The van der Waals surface area contributed by atoms with Gasteiger partial charge in [-0.1, -0.05) is 20.8 Å². The molecule has 0 aliphatic rings. The molecule has 6 nitrogen and oxygen atoms in total. The number of hydrogen-bond donors (Lipinski definition) is 2. The van der Waals surface area contributed by atoms with Crippen molar-refractivity contribution >= 4 is 29.5 Å². The number of H-pyrrole nitrogens is 1. The molecule has 0 aliphatic carbocycles. The van der Waals surface area contributed by atoms with E-state index < -0.39 is 5.97 Å². The zero-order valence-electron chi connectivity index (χ0n) is 14.2. The lowest BCUT2D eigenvalue weighted by Gasteiger charge is -2.13. The first-order valence-electron chi connectivity index (χ1n) is 7.63. The van der Waals surface area contributed by atoms with Crippen LogP contribution in [0.2, 0.25) is 0 Å². The van der Waals surface area contributed by atoms with Gasteiger partial charge in [0.25, 0.3) is 5.56 Å². The monoisotopic (exact) mass is 347 g/mol. The molecular formula is C17H21N3O3S. The highest BCUT2D eigenvalue weighted by molar-refractivity contribution is 7.12. The summed E-state index contributed by atoms with van der Waals surface area (Å²) in [6, 6.07) is 0. The second kappa shape index (κ2) is 7.09. The highest BCUT2D eigenvalue weighted by Crippen LogP contribution is 2.27. The number of aromatic amines is 1. The highest BCUT2D eigenvalue weighted by Gasteiger charge is 2.17. The number of nitrogens with zero attached hydrogens (tertiary/aromatic N) is 2. The molecule has 2 heterocycles. The number of aryl methyl sites for hydroxylation is 1. The zero-order valence-corrected chi connectivity index (χ0v) is 15.0. The molecule has 0 saturated carbocycles. The van der Waals surface area contributed by atoms with Crippen molar-refractivity contribution in [2.24, 2.45) is 0 Å².